The molecule has 0 saturated heterocycles. The van der Waals surface area contributed by atoms with Crippen molar-refractivity contribution in [3.63, 3.8) is 0 Å². The molecule has 104 valence electrons. The van der Waals surface area contributed by atoms with Crippen molar-refractivity contribution in [2.75, 3.05) is 18.5 Å². The third kappa shape index (κ3) is 3.88. The molecule has 1 aliphatic rings. The van der Waals surface area contributed by atoms with Crippen molar-refractivity contribution in [2.45, 2.75) is 24.6 Å². The molecule has 6 heteroatoms. The summed E-state index contributed by atoms with van der Waals surface area (Å²) in [4.78, 5) is 11.2. The lowest BCUT2D eigenvalue weighted by molar-refractivity contribution is -0.115. The van der Waals surface area contributed by atoms with Gasteiger partial charge in [0.1, 0.15) is 6.61 Å². The van der Waals surface area contributed by atoms with Crippen LogP contribution in [-0.2, 0) is 16.0 Å². The Kier molecular flexibility index (Phi) is 4.71. The van der Waals surface area contributed by atoms with Crippen molar-refractivity contribution in [2.24, 2.45) is 0 Å². The largest absolute Gasteiger partial charge is 0.375 e. The van der Waals surface area contributed by atoms with Crippen LogP contribution in [0.15, 0.2) is 18.2 Å². The van der Waals surface area contributed by atoms with E-state index in [2.05, 4.69) is 5.32 Å². The molecule has 1 unspecified atom stereocenters. The topological polar surface area (TPSA) is 38.3 Å². The molecule has 0 fully saturated rings. The minimum Gasteiger partial charge on any atom is -0.375 e. The Hall–Kier alpha value is -1.20. The number of carbonyl (C=O) groups excluding carboxylic acids is 1. The van der Waals surface area contributed by atoms with Crippen molar-refractivity contribution in [3.05, 3.63) is 29.3 Å². The zero-order valence-corrected chi connectivity index (χ0v) is 10.9. The van der Waals surface area contributed by atoms with Crippen molar-refractivity contribution in [3.8, 4) is 0 Å². The Bertz CT molecular complexity index is 468. The molecule has 0 spiro atoms. The molecule has 1 aliphatic heterocycles. The second-order valence-electron chi connectivity index (χ2n) is 4.36. The van der Waals surface area contributed by atoms with Crippen molar-refractivity contribution < 1.29 is 18.3 Å². The summed E-state index contributed by atoms with van der Waals surface area (Å²) in [7, 11) is 0. The lowest BCUT2D eigenvalue weighted by atomic mass is 10.0. The van der Waals surface area contributed by atoms with Gasteiger partial charge in [0, 0.05) is 12.3 Å². The monoisotopic (exact) mass is 289 g/mol. The average molecular weight is 290 g/mol. The fourth-order valence-electron chi connectivity index (χ4n) is 1.97. The molecule has 19 heavy (non-hydrogen) atoms. The number of anilines is 1. The van der Waals surface area contributed by atoms with Crippen LogP contribution in [0.4, 0.5) is 14.5 Å². The van der Waals surface area contributed by atoms with E-state index >= 15 is 0 Å². The Morgan fingerprint density at radius 3 is 2.95 bits per heavy atom. The molecule has 1 N–H and O–H groups in total. The molecule has 0 aliphatic carbocycles. The highest BCUT2D eigenvalue weighted by Gasteiger charge is 2.19. The highest BCUT2D eigenvalue weighted by Crippen LogP contribution is 2.30. The van der Waals surface area contributed by atoms with Crippen LogP contribution < -0.4 is 5.32 Å². The van der Waals surface area contributed by atoms with E-state index in [1.165, 1.54) is 0 Å². The number of hydrogen-bond donors (Lipinski definition) is 1. The summed E-state index contributed by atoms with van der Waals surface area (Å²) in [5, 5.41) is 2.43. The second-order valence-corrected chi connectivity index (χ2v) is 4.89. The predicted octanol–water partition coefficient (Wildman–Crippen LogP) is 3.13. The number of ether oxygens (including phenoxy) is 1. The van der Waals surface area contributed by atoms with E-state index in [0.29, 0.717) is 12.8 Å². The van der Waals surface area contributed by atoms with Crippen molar-refractivity contribution in [1.29, 1.82) is 0 Å². The second kappa shape index (κ2) is 6.30. The first-order valence-corrected chi connectivity index (χ1v) is 6.42. The fraction of sp³-hybridized carbons (Fsp3) is 0.462. The minimum absolute atomic E-state index is 0.0291. The first kappa shape index (κ1) is 14.2. The third-order valence-corrected chi connectivity index (χ3v) is 3.35. The summed E-state index contributed by atoms with van der Waals surface area (Å²) in [5.41, 5.74) is 2.60. The zero-order chi connectivity index (χ0) is 13.8. The molecule has 1 atom stereocenters. The summed E-state index contributed by atoms with van der Waals surface area (Å²) in [5.74, 6) is -0.0291. The first-order chi connectivity index (χ1) is 9.06. The molecular weight excluding hydrogens is 276 g/mol. The van der Waals surface area contributed by atoms with Gasteiger partial charge in [-0.25, -0.2) is 8.78 Å². The van der Waals surface area contributed by atoms with Gasteiger partial charge in [0.05, 0.1) is 11.8 Å². The summed E-state index contributed by atoms with van der Waals surface area (Å²) in [6.45, 7) is -0.376. The van der Waals surface area contributed by atoms with Gasteiger partial charge in [-0.05, 0) is 23.6 Å². The van der Waals surface area contributed by atoms with Gasteiger partial charge in [-0.15, -0.1) is 11.6 Å². The van der Waals surface area contributed by atoms with Crippen LogP contribution in [0.3, 0.4) is 0 Å². The fourth-order valence-corrected chi connectivity index (χ4v) is 2.19. The van der Waals surface area contributed by atoms with Crippen LogP contribution in [-0.4, -0.2) is 25.5 Å². The third-order valence-electron chi connectivity index (χ3n) is 2.88. The van der Waals surface area contributed by atoms with Gasteiger partial charge in [-0.1, -0.05) is 12.1 Å². The summed E-state index contributed by atoms with van der Waals surface area (Å²) in [6, 6.07) is 5.51. The van der Waals surface area contributed by atoms with E-state index in [1.807, 2.05) is 18.2 Å². The SMILES string of the molecule is O=C1Cc2cc(C(Cl)CCOCC(F)F)ccc2N1. The van der Waals surface area contributed by atoms with Gasteiger partial charge in [0.2, 0.25) is 5.91 Å². The predicted molar refractivity (Wildman–Crippen MR) is 68.8 cm³/mol. The van der Waals surface area contributed by atoms with Crippen LogP contribution in [0, 0.1) is 0 Å². The molecule has 2 rings (SSSR count). The van der Waals surface area contributed by atoms with Crippen LogP contribution in [0.1, 0.15) is 22.9 Å². The lowest BCUT2D eigenvalue weighted by Gasteiger charge is -2.11. The molecule has 0 bridgehead atoms. The highest BCUT2D eigenvalue weighted by molar-refractivity contribution is 6.20. The minimum atomic E-state index is -2.45. The number of halogens is 3. The van der Waals surface area contributed by atoms with E-state index in [9.17, 15) is 13.6 Å². The average Bonchev–Trinajstić information content (AvgIpc) is 2.73. The lowest BCUT2D eigenvalue weighted by Crippen LogP contribution is -2.07. The number of benzene rings is 1. The number of amides is 1. The quantitative estimate of drug-likeness (QED) is 0.645. The van der Waals surface area contributed by atoms with Crippen LogP contribution in [0.2, 0.25) is 0 Å². The van der Waals surface area contributed by atoms with E-state index in [0.717, 1.165) is 16.8 Å². The number of hydrogen-bond acceptors (Lipinski definition) is 2. The van der Waals surface area contributed by atoms with E-state index in [-0.39, 0.29) is 17.9 Å². The molecule has 1 heterocycles. The standard InChI is InChI=1S/C13H14ClF2NO2/c14-10(3-4-19-7-12(15)16)8-1-2-11-9(5-8)6-13(18)17-11/h1-2,5,10,12H,3-4,6-7H2,(H,17,18). The Labute approximate surface area is 114 Å². The van der Waals surface area contributed by atoms with Gasteiger partial charge >= 0.3 is 0 Å². The smallest absolute Gasteiger partial charge is 0.261 e. The number of rotatable bonds is 6. The maximum Gasteiger partial charge on any atom is 0.261 e. The Morgan fingerprint density at radius 1 is 1.42 bits per heavy atom. The van der Waals surface area contributed by atoms with Gasteiger partial charge in [0.25, 0.3) is 6.43 Å². The first-order valence-electron chi connectivity index (χ1n) is 5.99. The molecule has 1 aromatic carbocycles. The highest BCUT2D eigenvalue weighted by atomic mass is 35.5. The van der Waals surface area contributed by atoms with Crippen LogP contribution >= 0.6 is 11.6 Å². The summed E-state index contributed by atoms with van der Waals surface area (Å²) < 4.78 is 28.5. The Balaban J connectivity index is 1.88. The molecule has 1 aromatic rings. The number of alkyl halides is 3. The number of fused-ring (bicyclic) bond motifs is 1. The van der Waals surface area contributed by atoms with Gasteiger partial charge in [-0.3, -0.25) is 4.79 Å². The maximum absolute atomic E-state index is 11.9. The summed E-state index contributed by atoms with van der Waals surface area (Å²) in [6.07, 6.45) is -1.64. The summed E-state index contributed by atoms with van der Waals surface area (Å²) >= 11 is 6.19. The molecular formula is C13H14ClF2NO2. The van der Waals surface area contributed by atoms with E-state index in [1.54, 1.807) is 0 Å². The van der Waals surface area contributed by atoms with Crippen LogP contribution in [0.5, 0.6) is 0 Å². The normalized spacial score (nSPS) is 15.5. The molecule has 0 saturated carbocycles. The van der Waals surface area contributed by atoms with Gasteiger partial charge in [0.15, 0.2) is 0 Å². The Morgan fingerprint density at radius 2 is 2.21 bits per heavy atom. The van der Waals surface area contributed by atoms with Gasteiger partial charge < -0.3 is 10.1 Å². The number of carbonyl (C=O) groups is 1. The van der Waals surface area contributed by atoms with E-state index < -0.39 is 13.0 Å². The molecule has 1 amide bonds. The van der Waals surface area contributed by atoms with Crippen molar-refractivity contribution in [1.82, 2.24) is 0 Å². The molecule has 3 nitrogen and oxygen atoms in total. The maximum atomic E-state index is 11.9. The van der Waals surface area contributed by atoms with E-state index in [4.69, 9.17) is 16.3 Å². The van der Waals surface area contributed by atoms with Crippen LogP contribution in [0.25, 0.3) is 0 Å². The molecule has 0 radical (unpaired) electrons. The van der Waals surface area contributed by atoms with Gasteiger partial charge in [-0.2, -0.15) is 0 Å². The molecule has 0 aromatic heterocycles. The zero-order valence-electron chi connectivity index (χ0n) is 10.2. The number of nitrogens with one attached hydrogen (secondary N) is 1. The van der Waals surface area contributed by atoms with Crippen molar-refractivity contribution >= 4 is 23.2 Å².